The molecule has 0 aliphatic rings. The zero-order chi connectivity index (χ0) is 20.1. The molecule has 0 aromatic carbocycles. The van der Waals surface area contributed by atoms with Gasteiger partial charge in [0.15, 0.2) is 12.1 Å². The van der Waals surface area contributed by atoms with Crippen LogP contribution in [0.4, 0.5) is 0 Å². The topological polar surface area (TPSA) is 80.0 Å². The fourth-order valence-corrected chi connectivity index (χ4v) is 2.96. The number of ether oxygens (including phenoxy) is 4. The molecule has 156 valence electrons. The van der Waals surface area contributed by atoms with Crippen molar-refractivity contribution in [2.75, 3.05) is 27.9 Å². The third-order valence-corrected chi connectivity index (χ3v) is 4.54. The number of hydrogen-bond acceptors (Lipinski definition) is 7. The lowest BCUT2D eigenvalue weighted by atomic mass is 9.93. The fourth-order valence-electron chi connectivity index (χ4n) is 2.96. The lowest BCUT2D eigenvalue weighted by molar-refractivity contribution is -0.144. The van der Waals surface area contributed by atoms with E-state index in [1.54, 1.807) is 20.3 Å². The van der Waals surface area contributed by atoms with Crippen LogP contribution in [-0.4, -0.2) is 45.4 Å². The standard InChI is InChI=1S/C20H35NO6/c1-15(2)19(20(22)25-5)16-14-17(21-27-16)26-13-11-9-7-6-8-10-12-18(23-3)24-4/h14-15,18-19H,6-13H2,1-5H3. The molecule has 7 nitrogen and oxygen atoms in total. The molecule has 7 heteroatoms. The molecule has 1 heterocycles. The molecule has 0 amide bonds. The lowest BCUT2D eigenvalue weighted by Crippen LogP contribution is -2.19. The Morgan fingerprint density at radius 2 is 1.67 bits per heavy atom. The Balaban J connectivity index is 2.17. The van der Waals surface area contributed by atoms with Crippen LogP contribution in [0.3, 0.4) is 0 Å². The van der Waals surface area contributed by atoms with Gasteiger partial charge in [-0.3, -0.25) is 4.79 Å². The Morgan fingerprint density at radius 1 is 1.04 bits per heavy atom. The quantitative estimate of drug-likeness (QED) is 0.253. The number of carbonyl (C=O) groups excluding carboxylic acids is 1. The maximum Gasteiger partial charge on any atom is 0.316 e. The number of carbonyl (C=O) groups is 1. The van der Waals surface area contributed by atoms with Gasteiger partial charge in [0.05, 0.1) is 13.7 Å². The van der Waals surface area contributed by atoms with E-state index < -0.39 is 5.92 Å². The largest absolute Gasteiger partial charge is 0.476 e. The van der Waals surface area contributed by atoms with Gasteiger partial charge in [-0.25, -0.2) is 0 Å². The van der Waals surface area contributed by atoms with Crippen LogP contribution in [0.5, 0.6) is 5.88 Å². The molecular weight excluding hydrogens is 350 g/mol. The average molecular weight is 386 g/mol. The van der Waals surface area contributed by atoms with Gasteiger partial charge in [0.2, 0.25) is 0 Å². The minimum atomic E-state index is -0.462. The minimum Gasteiger partial charge on any atom is -0.476 e. The van der Waals surface area contributed by atoms with Crippen LogP contribution >= 0.6 is 0 Å². The van der Waals surface area contributed by atoms with Crippen molar-refractivity contribution in [1.29, 1.82) is 0 Å². The molecule has 0 saturated heterocycles. The molecule has 0 spiro atoms. The van der Waals surface area contributed by atoms with Crippen molar-refractivity contribution in [3.8, 4) is 5.88 Å². The number of methoxy groups -OCH3 is 3. The van der Waals surface area contributed by atoms with Crippen LogP contribution < -0.4 is 4.74 Å². The monoisotopic (exact) mass is 385 g/mol. The number of esters is 1. The van der Waals surface area contributed by atoms with Crippen molar-refractivity contribution in [2.45, 2.75) is 71.0 Å². The zero-order valence-electron chi connectivity index (χ0n) is 17.4. The van der Waals surface area contributed by atoms with Crippen LogP contribution in [0.25, 0.3) is 0 Å². The van der Waals surface area contributed by atoms with Crippen LogP contribution in [0.1, 0.15) is 70.5 Å². The predicted molar refractivity (Wildman–Crippen MR) is 102 cm³/mol. The van der Waals surface area contributed by atoms with Crippen molar-refractivity contribution >= 4 is 5.97 Å². The van der Waals surface area contributed by atoms with Gasteiger partial charge in [0.1, 0.15) is 5.92 Å². The summed E-state index contributed by atoms with van der Waals surface area (Å²) in [6.07, 6.45) is 7.60. The number of rotatable bonds is 15. The molecular formula is C20H35NO6. The van der Waals surface area contributed by atoms with E-state index >= 15 is 0 Å². The van der Waals surface area contributed by atoms with E-state index in [0.717, 1.165) is 25.7 Å². The molecule has 0 fully saturated rings. The second kappa shape index (κ2) is 13.6. The maximum atomic E-state index is 11.9. The summed E-state index contributed by atoms with van der Waals surface area (Å²) in [6.45, 7) is 4.47. The van der Waals surface area contributed by atoms with Crippen molar-refractivity contribution in [3.05, 3.63) is 11.8 Å². The van der Waals surface area contributed by atoms with Crippen LogP contribution in [0.15, 0.2) is 10.6 Å². The van der Waals surface area contributed by atoms with Crippen molar-refractivity contribution < 1.29 is 28.3 Å². The smallest absolute Gasteiger partial charge is 0.316 e. The van der Waals surface area contributed by atoms with Gasteiger partial charge in [0.25, 0.3) is 5.88 Å². The molecule has 0 saturated carbocycles. The fraction of sp³-hybridized carbons (Fsp3) is 0.800. The normalized spacial score (nSPS) is 12.6. The minimum absolute atomic E-state index is 0.0568. The summed E-state index contributed by atoms with van der Waals surface area (Å²) in [6, 6.07) is 1.68. The maximum absolute atomic E-state index is 11.9. The molecule has 0 bridgehead atoms. The third kappa shape index (κ3) is 8.75. The highest BCUT2D eigenvalue weighted by atomic mass is 16.7. The predicted octanol–water partition coefficient (Wildman–Crippen LogP) is 4.32. The first kappa shape index (κ1) is 23.4. The molecule has 1 aromatic rings. The number of nitrogens with zero attached hydrogens (tertiary/aromatic N) is 1. The van der Waals surface area contributed by atoms with Gasteiger partial charge in [-0.05, 0) is 30.3 Å². The van der Waals surface area contributed by atoms with Crippen molar-refractivity contribution in [1.82, 2.24) is 5.16 Å². The molecule has 0 radical (unpaired) electrons. The SMILES string of the molecule is COC(=O)C(c1cc(OCCCCCCCCC(OC)OC)no1)C(C)C. The number of unbranched alkanes of at least 4 members (excludes halogenated alkanes) is 5. The van der Waals surface area contributed by atoms with Gasteiger partial charge in [-0.1, -0.05) is 39.5 Å². The number of aromatic nitrogens is 1. The second-order valence-electron chi connectivity index (χ2n) is 6.97. The highest BCUT2D eigenvalue weighted by Crippen LogP contribution is 2.28. The summed E-state index contributed by atoms with van der Waals surface area (Å²) in [5.41, 5.74) is 0. The third-order valence-electron chi connectivity index (χ3n) is 4.54. The average Bonchev–Trinajstić information content (AvgIpc) is 3.11. The summed E-state index contributed by atoms with van der Waals surface area (Å²) in [7, 11) is 4.72. The summed E-state index contributed by atoms with van der Waals surface area (Å²) in [5.74, 6) is 0.175. The Morgan fingerprint density at radius 3 is 2.26 bits per heavy atom. The summed E-state index contributed by atoms with van der Waals surface area (Å²) >= 11 is 0. The molecule has 1 unspecified atom stereocenters. The van der Waals surface area contributed by atoms with Crippen molar-refractivity contribution in [3.63, 3.8) is 0 Å². The van der Waals surface area contributed by atoms with Gasteiger partial charge in [-0.15, -0.1) is 0 Å². The first-order valence-corrected chi connectivity index (χ1v) is 9.76. The molecule has 0 aliphatic carbocycles. The van der Waals surface area contributed by atoms with Crippen molar-refractivity contribution in [2.24, 2.45) is 5.92 Å². The van der Waals surface area contributed by atoms with Gasteiger partial charge < -0.3 is 23.5 Å². The van der Waals surface area contributed by atoms with E-state index in [2.05, 4.69) is 5.16 Å². The first-order chi connectivity index (χ1) is 13.0. The molecule has 1 aromatic heterocycles. The lowest BCUT2D eigenvalue weighted by Gasteiger charge is -2.14. The highest BCUT2D eigenvalue weighted by molar-refractivity contribution is 5.77. The van der Waals surface area contributed by atoms with Gasteiger partial charge in [-0.2, -0.15) is 0 Å². The molecule has 1 atom stereocenters. The van der Waals surface area contributed by atoms with Crippen LogP contribution in [0.2, 0.25) is 0 Å². The van der Waals surface area contributed by atoms with E-state index in [-0.39, 0.29) is 18.2 Å². The van der Waals surface area contributed by atoms with E-state index in [1.165, 1.54) is 26.4 Å². The summed E-state index contributed by atoms with van der Waals surface area (Å²) < 4.78 is 26.1. The molecule has 0 aliphatic heterocycles. The van der Waals surface area contributed by atoms with E-state index in [1.807, 2.05) is 13.8 Å². The van der Waals surface area contributed by atoms with Gasteiger partial charge in [0, 0.05) is 20.3 Å². The first-order valence-electron chi connectivity index (χ1n) is 9.76. The Labute approximate surface area is 162 Å². The summed E-state index contributed by atoms with van der Waals surface area (Å²) in [5, 5.41) is 3.90. The van der Waals surface area contributed by atoms with E-state index in [0.29, 0.717) is 18.2 Å². The van der Waals surface area contributed by atoms with Crippen LogP contribution in [0, 0.1) is 5.92 Å². The zero-order valence-corrected chi connectivity index (χ0v) is 17.4. The molecule has 0 N–H and O–H groups in total. The molecule has 27 heavy (non-hydrogen) atoms. The highest BCUT2D eigenvalue weighted by Gasteiger charge is 2.29. The number of hydrogen-bond donors (Lipinski definition) is 0. The van der Waals surface area contributed by atoms with Gasteiger partial charge >= 0.3 is 5.97 Å². The van der Waals surface area contributed by atoms with Crippen LogP contribution in [-0.2, 0) is 19.0 Å². The van der Waals surface area contributed by atoms with E-state index in [4.69, 9.17) is 23.5 Å². The summed E-state index contributed by atoms with van der Waals surface area (Å²) in [4.78, 5) is 11.9. The Hall–Kier alpha value is -1.60. The Kier molecular flexibility index (Phi) is 11.8. The Bertz CT molecular complexity index is 512. The van der Waals surface area contributed by atoms with E-state index in [9.17, 15) is 4.79 Å². The molecule has 1 rings (SSSR count). The second-order valence-corrected chi connectivity index (χ2v) is 6.97.